The third kappa shape index (κ3) is 4.64. The fourth-order valence-corrected chi connectivity index (χ4v) is 8.94. The van der Waals surface area contributed by atoms with Crippen LogP contribution in [0.3, 0.4) is 0 Å². The van der Waals surface area contributed by atoms with Crippen molar-refractivity contribution in [3.05, 3.63) is 39.0 Å². The van der Waals surface area contributed by atoms with Crippen molar-refractivity contribution in [3.8, 4) is 18.1 Å². The summed E-state index contributed by atoms with van der Waals surface area (Å²) in [7, 11) is 3.51. The maximum atomic E-state index is 14.5. The van der Waals surface area contributed by atoms with Gasteiger partial charge in [-0.3, -0.25) is 14.4 Å². The maximum absolute atomic E-state index is 14.5. The topological polar surface area (TPSA) is 179 Å². The highest BCUT2D eigenvalue weighted by atomic mass is 32.1. The number of ether oxygens (including phenoxy) is 1. The summed E-state index contributed by atoms with van der Waals surface area (Å²) in [6.07, 6.45) is 3.10. The van der Waals surface area contributed by atoms with E-state index in [-0.39, 0.29) is 35.8 Å². The van der Waals surface area contributed by atoms with Crippen LogP contribution < -0.4 is 26.0 Å². The Labute approximate surface area is 263 Å². The maximum Gasteiger partial charge on any atom is 0.320 e. The number of carbonyl (C=O) groups is 1. The van der Waals surface area contributed by atoms with Crippen LogP contribution in [0, 0.1) is 22.7 Å². The van der Waals surface area contributed by atoms with Crippen molar-refractivity contribution in [1.29, 1.82) is 10.5 Å². The van der Waals surface area contributed by atoms with E-state index < -0.39 is 17.6 Å². The van der Waals surface area contributed by atoms with E-state index in [1.165, 1.54) is 11.3 Å². The predicted molar refractivity (Wildman–Crippen MR) is 165 cm³/mol. The van der Waals surface area contributed by atoms with Crippen LogP contribution in [0.15, 0.2) is 6.07 Å². The van der Waals surface area contributed by atoms with Gasteiger partial charge in [0.2, 0.25) is 0 Å². The molecular formula is C30H34FN11O2S. The molecule has 234 valence electrons. The third-order valence-electron chi connectivity index (χ3n) is 9.95. The first-order valence-corrected chi connectivity index (χ1v) is 15.8. The molecule has 4 N–H and O–H groups in total. The Balaban J connectivity index is 1.22. The van der Waals surface area contributed by atoms with Crippen molar-refractivity contribution < 1.29 is 13.9 Å². The molecule has 0 saturated carbocycles. The number of primary amides is 1. The van der Waals surface area contributed by atoms with Gasteiger partial charge in [0.05, 0.1) is 23.3 Å². The number of nitrogen functional groups attached to an aromatic ring is 1. The van der Waals surface area contributed by atoms with Gasteiger partial charge in [0.25, 0.3) is 5.91 Å². The second-order valence-electron chi connectivity index (χ2n) is 12.8. The van der Waals surface area contributed by atoms with E-state index >= 15 is 0 Å². The number of amides is 1. The highest BCUT2D eigenvalue weighted by Crippen LogP contribution is 2.53. The average Bonchev–Trinajstić information content (AvgIpc) is 3.77. The van der Waals surface area contributed by atoms with Crippen molar-refractivity contribution in [3.63, 3.8) is 0 Å². The number of nitriles is 2. The first kappa shape index (κ1) is 29.3. The van der Waals surface area contributed by atoms with Gasteiger partial charge in [0, 0.05) is 50.4 Å². The molecule has 1 aliphatic carbocycles. The zero-order valence-corrected chi connectivity index (χ0v) is 26.0. The predicted octanol–water partition coefficient (Wildman–Crippen LogP) is 1.99. The van der Waals surface area contributed by atoms with Crippen LogP contribution in [0.2, 0.25) is 0 Å². The smallest absolute Gasteiger partial charge is 0.320 e. The Kier molecular flexibility index (Phi) is 6.87. The Hall–Kier alpha value is -4.47. The molecule has 4 aliphatic rings. The number of halogens is 1. The van der Waals surface area contributed by atoms with Crippen LogP contribution in [0.4, 0.5) is 21.0 Å². The van der Waals surface area contributed by atoms with E-state index in [0.29, 0.717) is 53.9 Å². The molecule has 13 nitrogen and oxygen atoms in total. The molecule has 0 radical (unpaired) electrons. The molecule has 2 atom stereocenters. The fourth-order valence-electron chi connectivity index (χ4n) is 7.80. The molecule has 0 bridgehead atoms. The van der Waals surface area contributed by atoms with E-state index in [0.717, 1.165) is 42.7 Å². The molecule has 3 aliphatic heterocycles. The van der Waals surface area contributed by atoms with Crippen molar-refractivity contribution in [2.45, 2.75) is 55.8 Å². The Bertz CT molecular complexity index is 1780. The van der Waals surface area contributed by atoms with Crippen LogP contribution in [-0.4, -0.2) is 82.1 Å². The summed E-state index contributed by atoms with van der Waals surface area (Å²) in [4.78, 5) is 28.4. The molecule has 1 spiro atoms. The highest BCUT2D eigenvalue weighted by Gasteiger charge is 2.53. The monoisotopic (exact) mass is 631 g/mol. The van der Waals surface area contributed by atoms with Gasteiger partial charge in [-0.15, -0.1) is 11.3 Å². The molecule has 3 saturated heterocycles. The third-order valence-corrected chi connectivity index (χ3v) is 11.0. The van der Waals surface area contributed by atoms with Crippen molar-refractivity contribution in [2.24, 2.45) is 12.8 Å². The first-order chi connectivity index (χ1) is 21.6. The van der Waals surface area contributed by atoms with Gasteiger partial charge >= 0.3 is 6.01 Å². The molecule has 7 rings (SSSR count). The zero-order chi connectivity index (χ0) is 31.7. The lowest BCUT2D eigenvalue weighted by Crippen LogP contribution is -2.59. The lowest BCUT2D eigenvalue weighted by molar-refractivity contribution is 0.0995. The standard InChI is InChI=1S/C30H34FN11O2S/c1-39(13-18-8-21(24(34)43)38-40(18)2)26-20(11-33)27(37-28(36-26)44-16-30-5-3-7-42(30)12-17(31)9-30)41-14-29(15-41)6-4-22-23(29)19(10-32)25(35)45-22/h8,17H,3-7,9,12-16,35H2,1-2H3,(H2,34,43)/t17-,30+/m1/s1. The number of alkyl halides is 1. The second-order valence-corrected chi connectivity index (χ2v) is 13.9. The molecule has 45 heavy (non-hydrogen) atoms. The lowest BCUT2D eigenvalue weighted by atomic mass is 9.74. The first-order valence-electron chi connectivity index (χ1n) is 15.0. The van der Waals surface area contributed by atoms with Gasteiger partial charge < -0.3 is 26.0 Å². The number of nitrogens with zero attached hydrogens (tertiary/aromatic N) is 9. The Morgan fingerprint density at radius 1 is 1.27 bits per heavy atom. The Morgan fingerprint density at radius 3 is 2.76 bits per heavy atom. The minimum atomic E-state index is -0.893. The fraction of sp³-hybridized carbons (Fsp3) is 0.533. The number of anilines is 3. The summed E-state index contributed by atoms with van der Waals surface area (Å²) >= 11 is 1.49. The number of thiophene rings is 1. The van der Waals surface area contributed by atoms with Crippen molar-refractivity contribution in [2.75, 3.05) is 55.4 Å². The van der Waals surface area contributed by atoms with E-state index in [1.807, 2.05) is 4.90 Å². The molecule has 6 heterocycles. The Morgan fingerprint density at radius 2 is 2.04 bits per heavy atom. The summed E-state index contributed by atoms with van der Waals surface area (Å²) in [6, 6.07) is 6.35. The minimum Gasteiger partial charge on any atom is -0.461 e. The summed E-state index contributed by atoms with van der Waals surface area (Å²) < 4.78 is 22.3. The molecule has 1 amide bonds. The van der Waals surface area contributed by atoms with Gasteiger partial charge in [0.15, 0.2) is 11.6 Å². The van der Waals surface area contributed by atoms with E-state index in [2.05, 4.69) is 22.1 Å². The number of hydrogen-bond donors (Lipinski definition) is 2. The number of hydrogen-bond acceptors (Lipinski definition) is 12. The number of carbonyl (C=O) groups excluding carboxylic acids is 1. The molecule has 0 aromatic carbocycles. The molecule has 15 heteroatoms. The second kappa shape index (κ2) is 10.6. The van der Waals surface area contributed by atoms with Crippen molar-refractivity contribution >= 4 is 33.9 Å². The summed E-state index contributed by atoms with van der Waals surface area (Å²) in [5.41, 5.74) is 13.7. The summed E-state index contributed by atoms with van der Waals surface area (Å²) in [5, 5.41) is 25.0. The quantitative estimate of drug-likeness (QED) is 0.371. The van der Waals surface area contributed by atoms with Gasteiger partial charge in [-0.1, -0.05) is 0 Å². The van der Waals surface area contributed by atoms with E-state index in [9.17, 15) is 19.7 Å². The normalized spacial score (nSPS) is 23.0. The van der Waals surface area contributed by atoms with Crippen LogP contribution in [-0.2, 0) is 25.4 Å². The van der Waals surface area contributed by atoms with Crippen LogP contribution in [0.1, 0.15) is 63.4 Å². The SMILES string of the molecule is CN(Cc1cc(C(N)=O)nn1C)c1nc(OC[C@@]23CCCN2C[C@H](F)C3)nc(N2CC3(CCc4sc(N)c(C#N)c43)C2)c1C#N. The van der Waals surface area contributed by atoms with Crippen LogP contribution in [0.25, 0.3) is 0 Å². The zero-order valence-electron chi connectivity index (χ0n) is 25.2. The van der Waals surface area contributed by atoms with E-state index in [4.69, 9.17) is 26.2 Å². The van der Waals surface area contributed by atoms with Gasteiger partial charge in [-0.25, -0.2) is 4.39 Å². The van der Waals surface area contributed by atoms with Crippen LogP contribution in [0.5, 0.6) is 6.01 Å². The van der Waals surface area contributed by atoms with Gasteiger partial charge in [0.1, 0.15) is 41.2 Å². The number of nitrogens with two attached hydrogens (primary N) is 2. The molecular weight excluding hydrogens is 597 g/mol. The van der Waals surface area contributed by atoms with Crippen molar-refractivity contribution in [1.82, 2.24) is 24.6 Å². The molecule has 3 fully saturated rings. The number of fused-ring (bicyclic) bond motifs is 3. The number of aryl methyl sites for hydroxylation is 2. The number of rotatable bonds is 8. The largest absolute Gasteiger partial charge is 0.461 e. The number of aromatic nitrogens is 4. The lowest BCUT2D eigenvalue weighted by Gasteiger charge is -2.49. The van der Waals surface area contributed by atoms with E-state index in [1.54, 1.807) is 29.7 Å². The summed E-state index contributed by atoms with van der Waals surface area (Å²) in [6.45, 7) is 2.91. The van der Waals surface area contributed by atoms with Crippen LogP contribution >= 0.6 is 11.3 Å². The minimum absolute atomic E-state index is 0.114. The molecule has 3 aromatic rings. The van der Waals surface area contributed by atoms with Gasteiger partial charge in [-0.05, 0) is 43.9 Å². The average molecular weight is 632 g/mol. The summed E-state index contributed by atoms with van der Waals surface area (Å²) in [5.74, 6) is 0.178. The highest BCUT2D eigenvalue weighted by molar-refractivity contribution is 7.16. The molecule has 3 aromatic heterocycles. The molecule has 0 unspecified atom stereocenters. The van der Waals surface area contributed by atoms with Gasteiger partial charge in [-0.2, -0.15) is 25.6 Å².